The molecule has 18 heteroatoms. The Labute approximate surface area is 343 Å². The van der Waals surface area contributed by atoms with E-state index in [0.29, 0.717) is 33.6 Å². The molecule has 4 N–H and O–H groups in total. The summed E-state index contributed by atoms with van der Waals surface area (Å²) in [7, 11) is 2.31. The number of alkyl carbamates (subject to hydrolysis) is 2. The van der Waals surface area contributed by atoms with Crippen LogP contribution in [0.3, 0.4) is 0 Å². The van der Waals surface area contributed by atoms with Gasteiger partial charge in [0.15, 0.2) is 0 Å². The molecule has 2 aliphatic heterocycles. The van der Waals surface area contributed by atoms with Gasteiger partial charge < -0.3 is 39.9 Å². The van der Waals surface area contributed by atoms with E-state index in [0.717, 1.165) is 24.0 Å². The average Bonchev–Trinajstić information content (AvgIpc) is 4.03. The number of amides is 4. The second-order valence-corrected chi connectivity index (χ2v) is 15.6. The van der Waals surface area contributed by atoms with Gasteiger partial charge in [0.25, 0.3) is 11.8 Å². The number of carbonyl (C=O) groups excluding carboxylic acids is 4. The van der Waals surface area contributed by atoms with E-state index in [1.807, 2.05) is 0 Å². The molecule has 14 nitrogen and oxygen atoms in total. The number of ether oxygens (including phenoxy) is 2. The fourth-order valence-electron chi connectivity index (χ4n) is 7.26. The fraction of sp³-hybridized carbons (Fsp3) is 0.429. The van der Waals surface area contributed by atoms with Crippen LogP contribution in [0.5, 0.6) is 0 Å². The largest absolute Gasteiger partial charge is 0.453 e. The van der Waals surface area contributed by atoms with Crippen LogP contribution in [0.2, 0.25) is 0 Å². The molecule has 6 rings (SSSR count). The molecule has 0 radical (unpaired) electrons. The Morgan fingerprint density at radius 3 is 1.33 bits per heavy atom. The van der Waals surface area contributed by atoms with E-state index in [4.69, 9.17) is 0 Å². The van der Waals surface area contributed by atoms with Crippen LogP contribution in [0.25, 0.3) is 22.5 Å². The molecule has 2 fully saturated rings. The van der Waals surface area contributed by atoms with Crippen LogP contribution >= 0.6 is 0 Å². The molecule has 60 heavy (non-hydrogen) atoms. The second kappa shape index (κ2) is 17.5. The summed E-state index contributed by atoms with van der Waals surface area (Å²) in [5.41, 5.74) is 3.91. The number of carbonyl (C=O) groups is 4. The highest BCUT2D eigenvalue weighted by Gasteiger charge is 2.51. The minimum absolute atomic E-state index is 0.191. The number of H-pyrrole nitrogens is 2. The summed E-state index contributed by atoms with van der Waals surface area (Å²) >= 11 is 0. The van der Waals surface area contributed by atoms with Crippen LogP contribution in [-0.4, -0.2) is 105 Å². The number of likely N-dealkylation sites (tertiary alicyclic amines) is 2. The van der Waals surface area contributed by atoms with E-state index in [1.165, 1.54) is 12.4 Å². The number of halogens is 4. The summed E-state index contributed by atoms with van der Waals surface area (Å²) < 4.78 is 68.2. The lowest BCUT2D eigenvalue weighted by Gasteiger charge is -2.29. The number of hydrogen-bond acceptors (Lipinski definition) is 8. The molecular weight excluding hydrogens is 789 g/mol. The number of imidazole rings is 2. The molecule has 0 bridgehead atoms. The van der Waals surface area contributed by atoms with E-state index in [1.54, 1.807) is 76.2 Å². The maximum atomic E-state index is 14.7. The van der Waals surface area contributed by atoms with Gasteiger partial charge in [-0.1, -0.05) is 63.8 Å². The third-order valence-corrected chi connectivity index (χ3v) is 10.5. The number of methoxy groups -OCH3 is 2. The Morgan fingerprint density at radius 2 is 1.02 bits per heavy atom. The molecule has 0 unspecified atom stereocenters. The van der Waals surface area contributed by atoms with E-state index in [2.05, 4.69) is 51.9 Å². The van der Waals surface area contributed by atoms with E-state index in [-0.39, 0.29) is 11.6 Å². The molecule has 2 aliphatic rings. The quantitative estimate of drug-likeness (QED) is 0.104. The molecule has 0 spiro atoms. The number of hydrogen-bond donors (Lipinski definition) is 4. The summed E-state index contributed by atoms with van der Waals surface area (Å²) in [4.78, 5) is 67.7. The van der Waals surface area contributed by atoms with Crippen molar-refractivity contribution in [2.75, 3.05) is 27.3 Å². The number of rotatable bonds is 10. The van der Waals surface area contributed by atoms with Crippen molar-refractivity contribution >= 4 is 24.0 Å². The minimum Gasteiger partial charge on any atom is -0.453 e. The van der Waals surface area contributed by atoms with Crippen molar-refractivity contribution in [2.24, 2.45) is 11.8 Å². The molecule has 0 aliphatic carbocycles. The highest BCUT2D eigenvalue weighted by atomic mass is 19.3. The van der Waals surface area contributed by atoms with Crippen LogP contribution in [0.15, 0.2) is 60.9 Å². The Hall–Kier alpha value is -6.38. The summed E-state index contributed by atoms with van der Waals surface area (Å²) in [6.07, 6.45) is 0.0832. The zero-order chi connectivity index (χ0) is 43.5. The standard InChI is InChI=1S/C42H46F4N8O6/c1-23(2)33(51-39(57)59-5)37(55)53-21-41(43,44)17-31(53)35-47-19-29(49-35)27-13-9-25(10-14-27)7-8-26-11-15-28(16-12-26)30-20-48-36(50-30)32-18-42(45,46)22-54(32)38(56)34(24(3)4)52-40(58)60-6/h9-16,19-20,23-24,31-34H,17-18,21-22H2,1-6H3,(H,47,49)(H,48,50)(H,51,57)(H,52,58)/t31-,32-,33-,34-/m0/s1. The summed E-state index contributed by atoms with van der Waals surface area (Å²) in [6, 6.07) is 10.1. The summed E-state index contributed by atoms with van der Waals surface area (Å²) in [5, 5.41) is 4.90. The fourth-order valence-corrected chi connectivity index (χ4v) is 7.26. The van der Waals surface area contributed by atoms with Gasteiger partial charge in [-0.3, -0.25) is 9.59 Å². The maximum absolute atomic E-state index is 14.7. The second-order valence-electron chi connectivity index (χ2n) is 15.6. The zero-order valence-corrected chi connectivity index (χ0v) is 33.8. The first-order valence-corrected chi connectivity index (χ1v) is 19.3. The lowest BCUT2D eigenvalue weighted by atomic mass is 10.0. The predicted molar refractivity (Wildman–Crippen MR) is 210 cm³/mol. The van der Waals surface area contributed by atoms with Crippen molar-refractivity contribution in [2.45, 2.75) is 76.5 Å². The lowest BCUT2D eigenvalue weighted by Crippen LogP contribution is -2.51. The van der Waals surface area contributed by atoms with Gasteiger partial charge in [-0.25, -0.2) is 37.1 Å². The molecule has 2 aromatic carbocycles. The average molecular weight is 835 g/mol. The van der Waals surface area contributed by atoms with Gasteiger partial charge in [-0.15, -0.1) is 0 Å². The number of nitrogens with zero attached hydrogens (tertiary/aromatic N) is 4. The van der Waals surface area contributed by atoms with Crippen molar-refractivity contribution in [1.82, 2.24) is 40.4 Å². The molecule has 4 atom stereocenters. The summed E-state index contributed by atoms with van der Waals surface area (Å²) in [5.74, 6) is -1.82. The minimum atomic E-state index is -3.16. The first-order chi connectivity index (χ1) is 28.4. The van der Waals surface area contributed by atoms with Crippen molar-refractivity contribution in [1.29, 1.82) is 0 Å². The third kappa shape index (κ3) is 9.73. The van der Waals surface area contributed by atoms with Crippen molar-refractivity contribution in [3.8, 4) is 34.4 Å². The van der Waals surface area contributed by atoms with Gasteiger partial charge in [0, 0.05) is 24.0 Å². The number of aromatic amines is 2. The topological polar surface area (TPSA) is 175 Å². The monoisotopic (exact) mass is 834 g/mol. The third-order valence-electron chi connectivity index (χ3n) is 10.5. The molecule has 2 saturated heterocycles. The smallest absolute Gasteiger partial charge is 0.407 e. The first kappa shape index (κ1) is 43.2. The first-order valence-electron chi connectivity index (χ1n) is 19.3. The number of benzene rings is 2. The predicted octanol–water partition coefficient (Wildman–Crippen LogP) is 6.45. The zero-order valence-electron chi connectivity index (χ0n) is 33.8. The number of aromatic nitrogens is 4. The van der Waals surface area contributed by atoms with Crippen molar-refractivity contribution in [3.05, 3.63) is 83.7 Å². The van der Waals surface area contributed by atoms with Crippen molar-refractivity contribution < 1.29 is 46.2 Å². The normalized spacial score (nSPS) is 19.1. The summed E-state index contributed by atoms with van der Waals surface area (Å²) in [6.45, 7) is 5.15. The molecular formula is C42H46F4N8O6. The van der Waals surface area contributed by atoms with Gasteiger partial charge >= 0.3 is 12.2 Å². The van der Waals surface area contributed by atoms with E-state index in [9.17, 15) is 36.7 Å². The van der Waals surface area contributed by atoms with Crippen LogP contribution in [0.4, 0.5) is 27.2 Å². The van der Waals surface area contributed by atoms with Crippen LogP contribution < -0.4 is 10.6 Å². The van der Waals surface area contributed by atoms with Gasteiger partial charge in [0.2, 0.25) is 11.8 Å². The highest BCUT2D eigenvalue weighted by Crippen LogP contribution is 2.42. The number of nitrogens with one attached hydrogen (secondary N) is 4. The molecule has 4 amide bonds. The van der Waals surface area contributed by atoms with E-state index >= 15 is 0 Å². The Morgan fingerprint density at radius 1 is 0.667 bits per heavy atom. The van der Waals surface area contributed by atoms with Crippen LogP contribution in [0.1, 0.15) is 75.4 Å². The number of alkyl halides is 4. The SMILES string of the molecule is COC(=O)N[C@H](C(=O)N1CC(F)(F)C[C@H]1c1ncc(-c2ccc(C#Cc3ccc(-c4cnc([C@@H]5CC(F)(F)CN5C(=O)[C@@H](NC(=O)OC)C(C)C)[nH]4)cc3)cc2)[nH]1)C(C)C. The van der Waals surface area contributed by atoms with Gasteiger partial charge in [0.1, 0.15) is 23.7 Å². The molecule has 318 valence electrons. The molecule has 4 heterocycles. The Bertz CT molecular complexity index is 2110. The molecule has 2 aromatic heterocycles. The van der Waals surface area contributed by atoms with Crippen LogP contribution in [-0.2, 0) is 19.1 Å². The highest BCUT2D eigenvalue weighted by molar-refractivity contribution is 5.87. The van der Waals surface area contributed by atoms with E-state index < -0.39 is 97.8 Å². The molecule has 0 saturated carbocycles. The molecule has 4 aromatic rings. The van der Waals surface area contributed by atoms with Crippen LogP contribution in [0, 0.1) is 23.7 Å². The van der Waals surface area contributed by atoms with Gasteiger partial charge in [-0.2, -0.15) is 0 Å². The van der Waals surface area contributed by atoms with Gasteiger partial charge in [-0.05, 0) is 47.2 Å². The van der Waals surface area contributed by atoms with Crippen molar-refractivity contribution in [3.63, 3.8) is 0 Å². The maximum Gasteiger partial charge on any atom is 0.407 e. The van der Waals surface area contributed by atoms with Gasteiger partial charge in [0.05, 0.1) is 63.2 Å². The Balaban J connectivity index is 1.11. The lowest BCUT2D eigenvalue weighted by molar-refractivity contribution is -0.137. The Kier molecular flexibility index (Phi) is 12.6.